The first-order valence-electron chi connectivity index (χ1n) is 8.91. The minimum atomic E-state index is -4.08. The molecule has 1 aromatic heterocycles. The number of halogens is 2. The molecular weight excluding hydrogens is 548 g/mol. The molecule has 0 radical (unpaired) electrons. The number of sulfone groups is 1. The molecule has 0 atom stereocenters. The van der Waals surface area contributed by atoms with E-state index in [1.165, 1.54) is 16.8 Å². The first kappa shape index (κ1) is 21.4. The summed E-state index contributed by atoms with van der Waals surface area (Å²) in [7, 11) is -4.08. The fourth-order valence-electron chi connectivity index (χ4n) is 2.74. The van der Waals surface area contributed by atoms with Gasteiger partial charge in [-0.2, -0.15) is 0 Å². The number of aromatic nitrogens is 2. The molecule has 10 heteroatoms. The highest BCUT2D eigenvalue weighted by atomic mass is 79.9. The van der Waals surface area contributed by atoms with E-state index in [2.05, 4.69) is 47.2 Å². The average Bonchev–Trinajstić information content (AvgIpc) is 3.11. The standard InChI is InChI=1S/C21H14Br2N4O3S/c22-14-6-10-16(11-7-14)24-25-20-19(28)21(31(29,30)18-4-2-1-3-5-18)26-27(20)17-12-8-15(23)9-13-17/h1-13,28H. The number of rotatable bonds is 5. The lowest BCUT2D eigenvalue weighted by atomic mass is 10.3. The molecule has 0 unspecified atom stereocenters. The average molecular weight is 562 g/mol. The van der Waals surface area contributed by atoms with Crippen LogP contribution in [0.25, 0.3) is 5.69 Å². The van der Waals surface area contributed by atoms with Crippen molar-refractivity contribution in [2.24, 2.45) is 10.2 Å². The van der Waals surface area contributed by atoms with Gasteiger partial charge >= 0.3 is 0 Å². The Morgan fingerprint density at radius 3 is 2.00 bits per heavy atom. The Balaban J connectivity index is 1.88. The van der Waals surface area contributed by atoms with Crippen LogP contribution in [0.5, 0.6) is 5.75 Å². The summed E-state index contributed by atoms with van der Waals surface area (Å²) in [5.41, 5.74) is 1.04. The quantitative estimate of drug-likeness (QED) is 0.287. The van der Waals surface area contributed by atoms with E-state index < -0.39 is 20.6 Å². The van der Waals surface area contributed by atoms with Crippen molar-refractivity contribution in [1.29, 1.82) is 0 Å². The molecule has 0 saturated heterocycles. The summed E-state index contributed by atoms with van der Waals surface area (Å²) in [6.07, 6.45) is 0. The second kappa shape index (κ2) is 8.74. The van der Waals surface area contributed by atoms with Gasteiger partial charge in [0, 0.05) is 8.95 Å². The smallest absolute Gasteiger partial charge is 0.229 e. The molecule has 156 valence electrons. The van der Waals surface area contributed by atoms with E-state index in [0.717, 1.165) is 8.95 Å². The molecule has 7 nitrogen and oxygen atoms in total. The molecule has 3 aromatic carbocycles. The van der Waals surface area contributed by atoms with Gasteiger partial charge in [-0.1, -0.05) is 50.1 Å². The van der Waals surface area contributed by atoms with Crippen molar-refractivity contribution in [2.75, 3.05) is 0 Å². The zero-order valence-electron chi connectivity index (χ0n) is 15.7. The van der Waals surface area contributed by atoms with E-state index in [1.54, 1.807) is 66.7 Å². The van der Waals surface area contributed by atoms with Crippen molar-refractivity contribution in [3.63, 3.8) is 0 Å². The Labute approximate surface area is 195 Å². The van der Waals surface area contributed by atoms with Crippen molar-refractivity contribution >= 4 is 53.2 Å². The fourth-order valence-corrected chi connectivity index (χ4v) is 4.54. The summed E-state index contributed by atoms with van der Waals surface area (Å²) in [4.78, 5) is 0.0159. The van der Waals surface area contributed by atoms with Crippen LogP contribution in [0.1, 0.15) is 0 Å². The van der Waals surface area contributed by atoms with Crippen molar-refractivity contribution in [1.82, 2.24) is 9.78 Å². The topological polar surface area (TPSA) is 96.9 Å². The maximum absolute atomic E-state index is 13.1. The number of hydrogen-bond acceptors (Lipinski definition) is 6. The number of hydrogen-bond donors (Lipinski definition) is 1. The highest BCUT2D eigenvalue weighted by Gasteiger charge is 2.30. The van der Waals surface area contributed by atoms with Crippen molar-refractivity contribution in [3.05, 3.63) is 87.8 Å². The van der Waals surface area contributed by atoms with Gasteiger partial charge in [0.05, 0.1) is 16.3 Å². The van der Waals surface area contributed by atoms with E-state index in [0.29, 0.717) is 11.4 Å². The van der Waals surface area contributed by atoms with Crippen LogP contribution in [-0.2, 0) is 9.84 Å². The Kier molecular flexibility index (Phi) is 6.03. The van der Waals surface area contributed by atoms with E-state index >= 15 is 0 Å². The molecule has 0 fully saturated rings. The number of azo groups is 1. The van der Waals surface area contributed by atoms with Crippen LogP contribution in [0, 0.1) is 0 Å². The Morgan fingerprint density at radius 1 is 0.806 bits per heavy atom. The Hall–Kier alpha value is -2.82. The molecule has 1 heterocycles. The lowest BCUT2D eigenvalue weighted by Crippen LogP contribution is -2.04. The summed E-state index contributed by atoms with van der Waals surface area (Å²) >= 11 is 6.72. The molecule has 0 aliphatic carbocycles. The highest BCUT2D eigenvalue weighted by Crippen LogP contribution is 2.38. The molecule has 0 amide bonds. The molecule has 0 spiro atoms. The maximum atomic E-state index is 13.1. The summed E-state index contributed by atoms with van der Waals surface area (Å²) in [6.45, 7) is 0. The van der Waals surface area contributed by atoms with Crippen molar-refractivity contribution in [2.45, 2.75) is 9.92 Å². The minimum Gasteiger partial charge on any atom is -0.502 e. The second-order valence-electron chi connectivity index (χ2n) is 6.36. The molecule has 4 aromatic rings. The van der Waals surface area contributed by atoms with Gasteiger partial charge in [0.1, 0.15) is 0 Å². The SMILES string of the molecule is O=S(=O)(c1ccccc1)c1nn(-c2ccc(Br)cc2)c(N=Nc2ccc(Br)cc2)c1O. The Morgan fingerprint density at radius 2 is 1.39 bits per heavy atom. The minimum absolute atomic E-state index is 0.0159. The van der Waals surface area contributed by atoms with Gasteiger partial charge in [-0.05, 0) is 60.7 Å². The van der Waals surface area contributed by atoms with Gasteiger partial charge in [0.15, 0.2) is 0 Å². The van der Waals surface area contributed by atoms with E-state index in [4.69, 9.17) is 0 Å². The molecule has 31 heavy (non-hydrogen) atoms. The highest BCUT2D eigenvalue weighted by molar-refractivity contribution is 9.10. The van der Waals surface area contributed by atoms with E-state index in [1.807, 2.05) is 0 Å². The third-order valence-electron chi connectivity index (χ3n) is 4.27. The van der Waals surface area contributed by atoms with Crippen LogP contribution in [0.15, 0.2) is 108 Å². The predicted octanol–water partition coefficient (Wildman–Crippen LogP) is 6.35. The summed E-state index contributed by atoms with van der Waals surface area (Å²) in [5, 5.41) is 22.7. The summed E-state index contributed by atoms with van der Waals surface area (Å²) < 4.78 is 29.2. The van der Waals surface area contributed by atoms with Gasteiger partial charge in [-0.25, -0.2) is 13.1 Å². The second-order valence-corrected chi connectivity index (χ2v) is 10.1. The first-order chi connectivity index (χ1) is 14.9. The fraction of sp³-hybridized carbons (Fsp3) is 0. The summed E-state index contributed by atoms with van der Waals surface area (Å²) in [5.74, 6) is -0.674. The van der Waals surface area contributed by atoms with Crippen LogP contribution >= 0.6 is 31.9 Å². The zero-order valence-corrected chi connectivity index (χ0v) is 19.7. The van der Waals surface area contributed by atoms with Crippen molar-refractivity contribution in [3.8, 4) is 11.4 Å². The van der Waals surface area contributed by atoms with E-state index in [9.17, 15) is 13.5 Å². The number of benzene rings is 3. The molecule has 0 aliphatic heterocycles. The van der Waals surface area contributed by atoms with Crippen LogP contribution in [-0.4, -0.2) is 23.3 Å². The lowest BCUT2D eigenvalue weighted by molar-refractivity contribution is 0.459. The van der Waals surface area contributed by atoms with Gasteiger partial charge in [-0.15, -0.1) is 15.3 Å². The predicted molar refractivity (Wildman–Crippen MR) is 123 cm³/mol. The zero-order chi connectivity index (χ0) is 22.0. The van der Waals surface area contributed by atoms with Gasteiger partial charge in [0.2, 0.25) is 26.4 Å². The Bertz CT molecular complexity index is 1350. The molecule has 0 saturated carbocycles. The molecule has 1 N–H and O–H groups in total. The maximum Gasteiger partial charge on any atom is 0.229 e. The van der Waals surface area contributed by atoms with Gasteiger partial charge < -0.3 is 5.11 Å². The largest absolute Gasteiger partial charge is 0.502 e. The molecular formula is C21H14Br2N4O3S. The van der Waals surface area contributed by atoms with E-state index in [-0.39, 0.29) is 10.7 Å². The number of nitrogens with zero attached hydrogens (tertiary/aromatic N) is 4. The molecule has 0 aliphatic rings. The molecule has 0 bridgehead atoms. The molecule has 4 rings (SSSR count). The monoisotopic (exact) mass is 560 g/mol. The van der Waals surface area contributed by atoms with Gasteiger partial charge in [0.25, 0.3) is 0 Å². The normalized spacial score (nSPS) is 11.8. The summed E-state index contributed by atoms with van der Waals surface area (Å²) in [6, 6.07) is 21.8. The first-order valence-corrected chi connectivity index (χ1v) is 12.0. The van der Waals surface area contributed by atoms with Crippen LogP contribution in [0.3, 0.4) is 0 Å². The lowest BCUT2D eigenvalue weighted by Gasteiger charge is -2.03. The number of aromatic hydroxyl groups is 1. The van der Waals surface area contributed by atoms with Crippen LogP contribution < -0.4 is 0 Å². The van der Waals surface area contributed by atoms with Gasteiger partial charge in [-0.3, -0.25) is 0 Å². The third kappa shape index (κ3) is 4.46. The van der Waals surface area contributed by atoms with Crippen LogP contribution in [0.4, 0.5) is 11.5 Å². The van der Waals surface area contributed by atoms with Crippen molar-refractivity contribution < 1.29 is 13.5 Å². The third-order valence-corrected chi connectivity index (χ3v) is 7.01. The van der Waals surface area contributed by atoms with Crippen LogP contribution in [0.2, 0.25) is 0 Å².